The summed E-state index contributed by atoms with van der Waals surface area (Å²) in [4.78, 5) is 0. The summed E-state index contributed by atoms with van der Waals surface area (Å²) in [7, 11) is 1.53. The summed E-state index contributed by atoms with van der Waals surface area (Å²) in [5.74, 6) is 0.646. The van der Waals surface area contributed by atoms with Gasteiger partial charge in [0.1, 0.15) is 0 Å². The third kappa shape index (κ3) is 1.99. The smallest absolute Gasteiger partial charge is 0.160 e. The van der Waals surface area contributed by atoms with Crippen LogP contribution in [0.3, 0.4) is 0 Å². The van der Waals surface area contributed by atoms with Gasteiger partial charge in [0.2, 0.25) is 0 Å². The fraction of sp³-hybridized carbons (Fsp3) is 0.455. The second-order valence-electron chi connectivity index (χ2n) is 3.97. The van der Waals surface area contributed by atoms with Crippen molar-refractivity contribution in [3.05, 3.63) is 23.8 Å². The highest BCUT2D eigenvalue weighted by atomic mass is 16.5. The lowest BCUT2D eigenvalue weighted by Crippen LogP contribution is -2.27. The minimum Gasteiger partial charge on any atom is -0.504 e. The molecule has 3 N–H and O–H groups in total. The zero-order valence-corrected chi connectivity index (χ0v) is 8.87. The van der Waals surface area contributed by atoms with Gasteiger partial charge in [0.25, 0.3) is 0 Å². The predicted molar refractivity (Wildman–Crippen MR) is 56.7 cm³/mol. The average molecular weight is 195 g/mol. The van der Waals surface area contributed by atoms with E-state index >= 15 is 0 Å². The molecular formula is C11H17NO2. The van der Waals surface area contributed by atoms with Gasteiger partial charge >= 0.3 is 0 Å². The van der Waals surface area contributed by atoms with Gasteiger partial charge in [-0.25, -0.2) is 0 Å². The van der Waals surface area contributed by atoms with E-state index in [4.69, 9.17) is 10.5 Å². The minimum absolute atomic E-state index is 0.121. The van der Waals surface area contributed by atoms with Crippen LogP contribution in [0.4, 0.5) is 0 Å². The van der Waals surface area contributed by atoms with Crippen molar-refractivity contribution in [3.63, 3.8) is 0 Å². The Labute approximate surface area is 84.5 Å². The molecule has 0 aliphatic heterocycles. The summed E-state index contributed by atoms with van der Waals surface area (Å²) in [6, 6.07) is 5.37. The molecule has 0 bridgehead atoms. The fourth-order valence-corrected chi connectivity index (χ4v) is 1.23. The van der Waals surface area contributed by atoms with Gasteiger partial charge in [-0.3, -0.25) is 0 Å². The summed E-state index contributed by atoms with van der Waals surface area (Å²) in [5.41, 5.74) is 6.54. The first-order chi connectivity index (χ1) is 6.51. The van der Waals surface area contributed by atoms with Crippen LogP contribution in [0, 0.1) is 0 Å². The SMILES string of the molecule is COc1ccc(C(C)(C)CN)cc1O. The summed E-state index contributed by atoms with van der Waals surface area (Å²) >= 11 is 0. The number of phenols is 1. The maximum atomic E-state index is 9.58. The Hall–Kier alpha value is -1.22. The van der Waals surface area contributed by atoms with E-state index in [1.165, 1.54) is 7.11 Å². The molecule has 3 heteroatoms. The van der Waals surface area contributed by atoms with Gasteiger partial charge in [0, 0.05) is 12.0 Å². The molecule has 0 aliphatic carbocycles. The van der Waals surface area contributed by atoms with Crippen molar-refractivity contribution in [1.82, 2.24) is 0 Å². The zero-order chi connectivity index (χ0) is 10.8. The normalized spacial score (nSPS) is 11.4. The highest BCUT2D eigenvalue weighted by molar-refractivity contribution is 5.43. The first kappa shape index (κ1) is 10.9. The zero-order valence-electron chi connectivity index (χ0n) is 8.87. The quantitative estimate of drug-likeness (QED) is 0.770. The average Bonchev–Trinajstić information content (AvgIpc) is 2.17. The number of nitrogens with two attached hydrogens (primary N) is 1. The monoisotopic (exact) mass is 195 g/mol. The predicted octanol–water partition coefficient (Wildman–Crippen LogP) is 1.64. The van der Waals surface area contributed by atoms with Gasteiger partial charge in [-0.05, 0) is 17.7 Å². The lowest BCUT2D eigenvalue weighted by molar-refractivity contribution is 0.371. The number of methoxy groups -OCH3 is 1. The molecule has 0 amide bonds. The molecule has 0 unspecified atom stereocenters. The number of ether oxygens (including phenoxy) is 1. The number of hydrogen-bond donors (Lipinski definition) is 2. The summed E-state index contributed by atoms with van der Waals surface area (Å²) in [5, 5.41) is 9.58. The molecule has 0 saturated heterocycles. The van der Waals surface area contributed by atoms with Crippen LogP contribution in [0.15, 0.2) is 18.2 Å². The molecule has 0 saturated carbocycles. The fourth-order valence-electron chi connectivity index (χ4n) is 1.23. The number of rotatable bonds is 3. The van der Waals surface area contributed by atoms with Crippen LogP contribution in [0.2, 0.25) is 0 Å². The second kappa shape index (κ2) is 3.88. The van der Waals surface area contributed by atoms with Crippen LogP contribution >= 0.6 is 0 Å². The van der Waals surface area contributed by atoms with E-state index in [-0.39, 0.29) is 11.2 Å². The Morgan fingerprint density at radius 3 is 2.50 bits per heavy atom. The summed E-state index contributed by atoms with van der Waals surface area (Å²) < 4.78 is 4.97. The summed E-state index contributed by atoms with van der Waals surface area (Å²) in [6.45, 7) is 4.61. The number of phenolic OH excluding ortho intramolecular Hbond substituents is 1. The van der Waals surface area contributed by atoms with Crippen molar-refractivity contribution in [1.29, 1.82) is 0 Å². The van der Waals surface area contributed by atoms with Crippen molar-refractivity contribution in [2.45, 2.75) is 19.3 Å². The van der Waals surface area contributed by atoms with Crippen LogP contribution in [-0.4, -0.2) is 18.8 Å². The molecule has 78 valence electrons. The highest BCUT2D eigenvalue weighted by Gasteiger charge is 2.19. The Bertz CT molecular complexity index is 321. The third-order valence-corrected chi connectivity index (χ3v) is 2.47. The molecule has 0 aliphatic rings. The largest absolute Gasteiger partial charge is 0.504 e. The van der Waals surface area contributed by atoms with Crippen LogP contribution in [-0.2, 0) is 5.41 Å². The maximum absolute atomic E-state index is 9.58. The van der Waals surface area contributed by atoms with Crippen molar-refractivity contribution in [2.24, 2.45) is 5.73 Å². The third-order valence-electron chi connectivity index (χ3n) is 2.47. The molecule has 0 spiro atoms. The van der Waals surface area contributed by atoms with Gasteiger partial charge in [0.15, 0.2) is 11.5 Å². The molecule has 1 aromatic carbocycles. The number of benzene rings is 1. The first-order valence-corrected chi connectivity index (χ1v) is 4.59. The molecule has 0 atom stereocenters. The van der Waals surface area contributed by atoms with Crippen LogP contribution in [0.5, 0.6) is 11.5 Å². The topological polar surface area (TPSA) is 55.5 Å². The lowest BCUT2D eigenvalue weighted by Gasteiger charge is -2.23. The first-order valence-electron chi connectivity index (χ1n) is 4.59. The van der Waals surface area contributed by atoms with E-state index in [1.807, 2.05) is 19.9 Å². The van der Waals surface area contributed by atoms with Crippen molar-refractivity contribution < 1.29 is 9.84 Å². The van der Waals surface area contributed by atoms with E-state index in [1.54, 1.807) is 12.1 Å². The molecule has 14 heavy (non-hydrogen) atoms. The highest BCUT2D eigenvalue weighted by Crippen LogP contribution is 2.31. The Kier molecular flexibility index (Phi) is 3.01. The number of hydrogen-bond acceptors (Lipinski definition) is 3. The van der Waals surface area contributed by atoms with Gasteiger partial charge in [-0.1, -0.05) is 19.9 Å². The van der Waals surface area contributed by atoms with Crippen LogP contribution < -0.4 is 10.5 Å². The van der Waals surface area contributed by atoms with Crippen molar-refractivity contribution in [2.75, 3.05) is 13.7 Å². The van der Waals surface area contributed by atoms with Gasteiger partial charge in [-0.2, -0.15) is 0 Å². The van der Waals surface area contributed by atoms with E-state index < -0.39 is 0 Å². The molecule has 3 nitrogen and oxygen atoms in total. The van der Waals surface area contributed by atoms with E-state index in [0.29, 0.717) is 12.3 Å². The second-order valence-corrected chi connectivity index (χ2v) is 3.97. The van der Waals surface area contributed by atoms with Crippen LogP contribution in [0.25, 0.3) is 0 Å². The Morgan fingerprint density at radius 1 is 1.43 bits per heavy atom. The Morgan fingerprint density at radius 2 is 2.07 bits per heavy atom. The molecular weight excluding hydrogens is 178 g/mol. The molecule has 0 fully saturated rings. The lowest BCUT2D eigenvalue weighted by atomic mass is 9.85. The van der Waals surface area contributed by atoms with E-state index in [0.717, 1.165) is 5.56 Å². The standard InChI is InChI=1S/C11H17NO2/c1-11(2,7-12)8-4-5-10(14-3)9(13)6-8/h4-6,13H,7,12H2,1-3H3. The molecule has 0 heterocycles. The molecule has 0 radical (unpaired) electrons. The van der Waals surface area contributed by atoms with Gasteiger partial charge < -0.3 is 15.6 Å². The molecule has 0 aromatic heterocycles. The number of aromatic hydroxyl groups is 1. The van der Waals surface area contributed by atoms with Crippen LogP contribution in [0.1, 0.15) is 19.4 Å². The van der Waals surface area contributed by atoms with Gasteiger partial charge in [-0.15, -0.1) is 0 Å². The molecule has 1 rings (SSSR count). The van der Waals surface area contributed by atoms with E-state index in [9.17, 15) is 5.11 Å². The maximum Gasteiger partial charge on any atom is 0.160 e. The van der Waals surface area contributed by atoms with Crippen molar-refractivity contribution in [3.8, 4) is 11.5 Å². The molecule has 1 aromatic rings. The minimum atomic E-state index is -0.121. The van der Waals surface area contributed by atoms with E-state index in [2.05, 4.69) is 0 Å². The summed E-state index contributed by atoms with van der Waals surface area (Å²) in [6.07, 6.45) is 0. The van der Waals surface area contributed by atoms with Crippen molar-refractivity contribution >= 4 is 0 Å². The Balaban J connectivity index is 3.08. The van der Waals surface area contributed by atoms with Gasteiger partial charge in [0.05, 0.1) is 7.11 Å².